The van der Waals surface area contributed by atoms with Crippen LogP contribution in [0, 0.1) is 0 Å². The average molecular weight is 288 g/mol. The van der Waals surface area contributed by atoms with Crippen molar-refractivity contribution in [3.8, 4) is 0 Å². The molecule has 1 aromatic heterocycles. The number of amides is 1. The predicted molar refractivity (Wildman–Crippen MR) is 76.6 cm³/mol. The Morgan fingerprint density at radius 1 is 1.29 bits per heavy atom. The van der Waals surface area contributed by atoms with E-state index < -0.39 is 11.9 Å². The molecule has 110 valence electrons. The fourth-order valence-electron chi connectivity index (χ4n) is 1.83. The van der Waals surface area contributed by atoms with Gasteiger partial charge in [-0.25, -0.2) is 9.78 Å². The molecule has 1 aromatic carbocycles. The number of carbonyl (C=O) groups excluding carboxylic acids is 1. The zero-order chi connectivity index (χ0) is 15.6. The van der Waals surface area contributed by atoms with E-state index in [4.69, 9.17) is 5.11 Å². The molecule has 0 aliphatic rings. The molecule has 0 bridgehead atoms. The fourth-order valence-corrected chi connectivity index (χ4v) is 1.83. The minimum atomic E-state index is -1.09. The highest BCUT2D eigenvalue weighted by atomic mass is 16.4. The van der Waals surface area contributed by atoms with E-state index in [0.717, 1.165) is 0 Å². The molecule has 0 saturated carbocycles. The molecule has 2 N–H and O–H groups in total. The second kappa shape index (κ2) is 5.74. The third kappa shape index (κ3) is 2.91. The third-order valence-electron chi connectivity index (χ3n) is 3.04. The normalized spacial score (nSPS) is 10.7. The average Bonchev–Trinajstić information content (AvgIpc) is 2.95. The molecule has 0 aliphatic heterocycles. The monoisotopic (exact) mass is 288 g/mol. The number of carboxylic acids is 1. The number of aromatic nitrogens is 3. The fraction of sp³-hybridized carbons (Fsp3) is 0.286. The Kier molecular flexibility index (Phi) is 4.02. The predicted octanol–water partition coefficient (Wildman–Crippen LogP) is 1.90. The van der Waals surface area contributed by atoms with Crippen molar-refractivity contribution in [2.45, 2.75) is 19.8 Å². The van der Waals surface area contributed by atoms with Crippen LogP contribution < -0.4 is 4.90 Å². The lowest BCUT2D eigenvalue weighted by molar-refractivity contribution is 0.0697. The van der Waals surface area contributed by atoms with Gasteiger partial charge < -0.3 is 10.0 Å². The Hall–Kier alpha value is -2.70. The number of rotatable bonds is 4. The van der Waals surface area contributed by atoms with Gasteiger partial charge in [-0.3, -0.25) is 9.89 Å². The summed E-state index contributed by atoms with van der Waals surface area (Å²) >= 11 is 0. The first-order chi connectivity index (χ1) is 9.91. The van der Waals surface area contributed by atoms with Gasteiger partial charge in [0.15, 0.2) is 0 Å². The van der Waals surface area contributed by atoms with Crippen LogP contribution in [0.2, 0.25) is 0 Å². The van der Waals surface area contributed by atoms with E-state index in [-0.39, 0.29) is 17.3 Å². The Labute approximate surface area is 121 Å². The molecule has 0 unspecified atom stereocenters. The minimum Gasteiger partial charge on any atom is -0.478 e. The Morgan fingerprint density at radius 2 is 1.95 bits per heavy atom. The van der Waals surface area contributed by atoms with Crippen molar-refractivity contribution in [2.75, 3.05) is 11.9 Å². The van der Waals surface area contributed by atoms with Gasteiger partial charge in [0.2, 0.25) is 5.82 Å². The van der Waals surface area contributed by atoms with Gasteiger partial charge in [0.25, 0.3) is 5.91 Å². The molecule has 21 heavy (non-hydrogen) atoms. The van der Waals surface area contributed by atoms with Crippen LogP contribution in [-0.2, 0) is 0 Å². The number of H-pyrrole nitrogens is 1. The summed E-state index contributed by atoms with van der Waals surface area (Å²) in [5, 5.41) is 15.8. The van der Waals surface area contributed by atoms with Crippen LogP contribution in [0.1, 0.15) is 46.6 Å². The van der Waals surface area contributed by atoms with E-state index in [1.54, 1.807) is 18.2 Å². The highest BCUT2D eigenvalue weighted by Crippen LogP contribution is 2.20. The largest absolute Gasteiger partial charge is 0.478 e. The van der Waals surface area contributed by atoms with E-state index >= 15 is 0 Å². The zero-order valence-electron chi connectivity index (χ0n) is 12.0. The molecule has 1 heterocycles. The molecule has 7 nitrogen and oxygen atoms in total. The minimum absolute atomic E-state index is 0.0152. The number of nitrogens with one attached hydrogen (secondary N) is 1. The molecular formula is C14H16N4O3. The van der Waals surface area contributed by atoms with Crippen molar-refractivity contribution in [1.29, 1.82) is 0 Å². The number of aromatic carboxylic acids is 1. The highest BCUT2D eigenvalue weighted by Gasteiger charge is 2.22. The number of carbonyl (C=O) groups is 2. The summed E-state index contributed by atoms with van der Waals surface area (Å²) in [6.07, 6.45) is 0. The maximum absolute atomic E-state index is 12.3. The number of aromatic amines is 1. The Balaban J connectivity index is 2.33. The second-order valence-electron chi connectivity index (χ2n) is 4.89. The number of nitrogens with zero attached hydrogens (tertiary/aromatic N) is 3. The van der Waals surface area contributed by atoms with Gasteiger partial charge in [-0.2, -0.15) is 0 Å². The summed E-state index contributed by atoms with van der Waals surface area (Å²) in [5.74, 6) is -0.815. The molecule has 0 spiro atoms. The van der Waals surface area contributed by atoms with E-state index in [2.05, 4.69) is 15.2 Å². The standard InChI is InChI=1S/C14H16N4O3/c1-8(2)11-15-12(17-16-11)13(19)18(3)10-7-5-4-6-9(10)14(20)21/h4-8H,1-3H3,(H,20,21)(H,15,16,17). The molecule has 1 amide bonds. The third-order valence-corrected chi connectivity index (χ3v) is 3.04. The lowest BCUT2D eigenvalue weighted by atomic mass is 10.1. The van der Waals surface area contributed by atoms with E-state index in [9.17, 15) is 9.59 Å². The molecule has 0 radical (unpaired) electrons. The zero-order valence-corrected chi connectivity index (χ0v) is 12.0. The van der Waals surface area contributed by atoms with Crippen molar-refractivity contribution in [1.82, 2.24) is 15.2 Å². The van der Waals surface area contributed by atoms with Gasteiger partial charge in [0, 0.05) is 13.0 Å². The number of benzene rings is 1. The van der Waals surface area contributed by atoms with Gasteiger partial charge in [-0.15, -0.1) is 5.10 Å². The van der Waals surface area contributed by atoms with Crippen LogP contribution in [0.4, 0.5) is 5.69 Å². The summed E-state index contributed by atoms with van der Waals surface area (Å²) in [7, 11) is 1.50. The summed E-state index contributed by atoms with van der Waals surface area (Å²) < 4.78 is 0. The summed E-state index contributed by atoms with van der Waals surface area (Å²) in [4.78, 5) is 28.9. The van der Waals surface area contributed by atoms with Gasteiger partial charge in [-0.05, 0) is 12.1 Å². The summed E-state index contributed by atoms with van der Waals surface area (Å²) in [6.45, 7) is 3.86. The number of hydrogen-bond donors (Lipinski definition) is 2. The smallest absolute Gasteiger partial charge is 0.337 e. The molecular weight excluding hydrogens is 272 g/mol. The lowest BCUT2D eigenvalue weighted by Crippen LogP contribution is -2.29. The molecule has 0 aliphatic carbocycles. The van der Waals surface area contributed by atoms with Crippen LogP contribution in [-0.4, -0.2) is 39.2 Å². The van der Waals surface area contributed by atoms with E-state index in [1.807, 2.05) is 13.8 Å². The van der Waals surface area contributed by atoms with Crippen molar-refractivity contribution in [2.24, 2.45) is 0 Å². The maximum atomic E-state index is 12.3. The first-order valence-electron chi connectivity index (χ1n) is 6.44. The quantitative estimate of drug-likeness (QED) is 0.895. The first-order valence-corrected chi connectivity index (χ1v) is 6.44. The summed E-state index contributed by atoms with van der Waals surface area (Å²) in [6, 6.07) is 6.29. The van der Waals surface area contributed by atoms with Crippen molar-refractivity contribution in [3.05, 3.63) is 41.5 Å². The van der Waals surface area contributed by atoms with E-state index in [1.165, 1.54) is 18.0 Å². The number of para-hydroxylation sites is 1. The van der Waals surface area contributed by atoms with Crippen LogP contribution in [0.25, 0.3) is 0 Å². The molecule has 0 saturated heterocycles. The number of hydrogen-bond acceptors (Lipinski definition) is 4. The summed E-state index contributed by atoms with van der Waals surface area (Å²) in [5.41, 5.74) is 0.346. The van der Waals surface area contributed by atoms with Gasteiger partial charge in [-0.1, -0.05) is 26.0 Å². The van der Waals surface area contributed by atoms with Gasteiger partial charge in [0.05, 0.1) is 11.3 Å². The molecule has 7 heteroatoms. The van der Waals surface area contributed by atoms with Gasteiger partial charge in [0.1, 0.15) is 5.82 Å². The van der Waals surface area contributed by atoms with Crippen molar-refractivity contribution < 1.29 is 14.7 Å². The first kappa shape index (κ1) is 14.7. The van der Waals surface area contributed by atoms with Crippen molar-refractivity contribution >= 4 is 17.6 Å². The number of anilines is 1. The highest BCUT2D eigenvalue weighted by molar-refractivity contribution is 6.07. The second-order valence-corrected chi connectivity index (χ2v) is 4.89. The van der Waals surface area contributed by atoms with Crippen LogP contribution in [0.15, 0.2) is 24.3 Å². The lowest BCUT2D eigenvalue weighted by Gasteiger charge is -2.17. The van der Waals surface area contributed by atoms with Crippen LogP contribution in [0.3, 0.4) is 0 Å². The molecule has 0 atom stereocenters. The van der Waals surface area contributed by atoms with Crippen LogP contribution in [0.5, 0.6) is 0 Å². The molecule has 2 rings (SSSR count). The van der Waals surface area contributed by atoms with Crippen molar-refractivity contribution in [3.63, 3.8) is 0 Å². The Morgan fingerprint density at radius 3 is 2.52 bits per heavy atom. The molecule has 2 aromatic rings. The topological polar surface area (TPSA) is 99.2 Å². The Bertz CT molecular complexity index is 678. The maximum Gasteiger partial charge on any atom is 0.337 e. The SMILES string of the molecule is CC(C)c1nc(C(=O)N(C)c2ccccc2C(=O)O)n[nH]1. The molecule has 0 fully saturated rings. The van der Waals surface area contributed by atoms with E-state index in [0.29, 0.717) is 11.5 Å². The number of carboxylic acid groups (broad SMARTS) is 1. The van der Waals surface area contributed by atoms with Crippen LogP contribution >= 0.6 is 0 Å². The van der Waals surface area contributed by atoms with Gasteiger partial charge >= 0.3 is 5.97 Å².